The summed E-state index contributed by atoms with van der Waals surface area (Å²) < 4.78 is 2.12. The number of benzene rings is 1. The van der Waals surface area contributed by atoms with Crippen molar-refractivity contribution in [3.05, 3.63) is 47.5 Å². The number of aromatic nitrogens is 2. The topological polar surface area (TPSA) is 68.2 Å². The van der Waals surface area contributed by atoms with Gasteiger partial charge in [0.15, 0.2) is 5.96 Å². The van der Waals surface area contributed by atoms with Crippen molar-refractivity contribution in [2.24, 2.45) is 16.6 Å². The number of nitrogens with zero attached hydrogens (tertiary/aromatic N) is 3. The third-order valence-electron chi connectivity index (χ3n) is 3.25. The molecule has 1 aromatic carbocycles. The van der Waals surface area contributed by atoms with Gasteiger partial charge in [-0.3, -0.25) is 0 Å². The van der Waals surface area contributed by atoms with Crippen LogP contribution in [-0.4, -0.2) is 15.5 Å². The zero-order chi connectivity index (χ0) is 16.1. The molecule has 0 fully saturated rings. The molecule has 0 amide bonds. The lowest BCUT2D eigenvalue weighted by Crippen LogP contribution is -2.23. The molecular weight excluding hydrogens is 401 g/mol. The van der Waals surface area contributed by atoms with Gasteiger partial charge in [0.2, 0.25) is 0 Å². The zero-order valence-corrected chi connectivity index (χ0v) is 16.5. The number of aliphatic imine (C=N–C) groups is 1. The van der Waals surface area contributed by atoms with Crippen LogP contribution in [0.1, 0.15) is 30.8 Å². The number of rotatable bonds is 5. The summed E-state index contributed by atoms with van der Waals surface area (Å²) in [6, 6.07) is 6.23. The van der Waals surface area contributed by atoms with Crippen LogP contribution in [0.5, 0.6) is 0 Å². The second-order valence-corrected chi connectivity index (χ2v) is 6.09. The van der Waals surface area contributed by atoms with Crippen LogP contribution >= 0.6 is 24.0 Å². The zero-order valence-electron chi connectivity index (χ0n) is 14.2. The average molecular weight is 427 g/mol. The molecule has 0 bridgehead atoms. The van der Waals surface area contributed by atoms with Crippen LogP contribution < -0.4 is 11.1 Å². The third-order valence-corrected chi connectivity index (χ3v) is 3.25. The summed E-state index contributed by atoms with van der Waals surface area (Å²) >= 11 is 0. The molecule has 0 spiro atoms. The molecule has 3 N–H and O–H groups in total. The Hall–Kier alpha value is -1.57. The Morgan fingerprint density at radius 2 is 1.91 bits per heavy atom. The number of anilines is 1. The Bertz CT molecular complexity index is 641. The third kappa shape index (κ3) is 6.21. The van der Waals surface area contributed by atoms with E-state index in [1.807, 2.05) is 6.20 Å². The van der Waals surface area contributed by atoms with Crippen molar-refractivity contribution >= 4 is 35.6 Å². The molecule has 0 atom stereocenters. The van der Waals surface area contributed by atoms with E-state index in [2.05, 4.69) is 65.8 Å². The van der Waals surface area contributed by atoms with E-state index >= 15 is 0 Å². The van der Waals surface area contributed by atoms with Gasteiger partial charge in [-0.2, -0.15) is 0 Å². The van der Waals surface area contributed by atoms with Crippen LogP contribution in [-0.2, 0) is 13.1 Å². The first-order chi connectivity index (χ1) is 10.4. The smallest absolute Gasteiger partial charge is 0.193 e. The highest BCUT2D eigenvalue weighted by atomic mass is 127. The molecule has 2 rings (SSSR count). The summed E-state index contributed by atoms with van der Waals surface area (Å²) in [5.74, 6) is 1.91. The second-order valence-electron chi connectivity index (χ2n) is 6.09. The van der Waals surface area contributed by atoms with Gasteiger partial charge in [-0.15, -0.1) is 24.0 Å². The van der Waals surface area contributed by atoms with E-state index in [-0.39, 0.29) is 24.0 Å². The monoisotopic (exact) mass is 427 g/mol. The van der Waals surface area contributed by atoms with Crippen LogP contribution in [0.2, 0.25) is 0 Å². The first-order valence-electron chi connectivity index (χ1n) is 7.59. The number of nitrogens with one attached hydrogen (secondary N) is 1. The van der Waals surface area contributed by atoms with E-state index in [0.29, 0.717) is 18.4 Å². The molecule has 6 heteroatoms. The van der Waals surface area contributed by atoms with Gasteiger partial charge in [-0.1, -0.05) is 19.9 Å². The molecule has 1 heterocycles. The van der Waals surface area contributed by atoms with Crippen molar-refractivity contribution < 1.29 is 0 Å². The van der Waals surface area contributed by atoms with Gasteiger partial charge >= 0.3 is 0 Å². The van der Waals surface area contributed by atoms with Crippen LogP contribution in [0.15, 0.2) is 35.6 Å². The number of aryl methyl sites for hydroxylation is 2. The minimum Gasteiger partial charge on any atom is -0.370 e. The van der Waals surface area contributed by atoms with Crippen LogP contribution in [0.4, 0.5) is 5.69 Å². The minimum absolute atomic E-state index is 0. The maximum Gasteiger partial charge on any atom is 0.193 e. The molecule has 0 radical (unpaired) electrons. The number of halogens is 1. The van der Waals surface area contributed by atoms with E-state index in [1.165, 1.54) is 11.1 Å². The van der Waals surface area contributed by atoms with E-state index in [0.717, 1.165) is 18.1 Å². The fraction of sp³-hybridized carbons (Fsp3) is 0.412. The Morgan fingerprint density at radius 3 is 2.52 bits per heavy atom. The Kier molecular flexibility index (Phi) is 7.54. The first-order valence-corrected chi connectivity index (χ1v) is 7.59. The lowest BCUT2D eigenvalue weighted by molar-refractivity contribution is 0.507. The maximum absolute atomic E-state index is 5.98. The summed E-state index contributed by atoms with van der Waals surface area (Å²) in [4.78, 5) is 8.74. The van der Waals surface area contributed by atoms with Gasteiger partial charge in [0.05, 0.1) is 0 Å². The molecular formula is C17H26IN5. The van der Waals surface area contributed by atoms with E-state index in [4.69, 9.17) is 5.73 Å². The number of imidazole rings is 1. The predicted octanol–water partition coefficient (Wildman–Crippen LogP) is 3.70. The number of hydrogen-bond donors (Lipinski definition) is 2. The van der Waals surface area contributed by atoms with Gasteiger partial charge < -0.3 is 15.6 Å². The molecule has 0 saturated carbocycles. The number of guanidine groups is 1. The van der Waals surface area contributed by atoms with Crippen molar-refractivity contribution in [1.82, 2.24) is 9.55 Å². The second kappa shape index (κ2) is 8.90. The Morgan fingerprint density at radius 1 is 1.26 bits per heavy atom. The van der Waals surface area contributed by atoms with Gasteiger partial charge in [0.1, 0.15) is 12.4 Å². The maximum atomic E-state index is 5.98. The molecule has 2 aromatic rings. The molecule has 0 saturated heterocycles. The highest BCUT2D eigenvalue weighted by Gasteiger charge is 2.04. The molecule has 23 heavy (non-hydrogen) atoms. The van der Waals surface area contributed by atoms with Gasteiger partial charge in [-0.25, -0.2) is 9.98 Å². The number of hydrogen-bond acceptors (Lipinski definition) is 2. The largest absolute Gasteiger partial charge is 0.370 e. The summed E-state index contributed by atoms with van der Waals surface area (Å²) in [6.07, 6.45) is 3.79. The molecule has 0 unspecified atom stereocenters. The highest BCUT2D eigenvalue weighted by molar-refractivity contribution is 14.0. The van der Waals surface area contributed by atoms with Crippen molar-refractivity contribution in [2.45, 2.75) is 40.8 Å². The molecule has 5 nitrogen and oxygen atoms in total. The SMILES string of the molecule is Cc1cc(C)cc(NC(N)=NCc2nccn2CC(C)C)c1.I. The first kappa shape index (κ1) is 19.5. The molecule has 0 aliphatic rings. The van der Waals surface area contributed by atoms with Crippen molar-refractivity contribution in [2.75, 3.05) is 5.32 Å². The average Bonchev–Trinajstić information content (AvgIpc) is 2.81. The van der Waals surface area contributed by atoms with E-state index < -0.39 is 0 Å². The standard InChI is InChI=1S/C17H25N5.HI/c1-12(2)11-22-6-5-19-16(22)10-20-17(18)21-15-8-13(3)7-14(4)9-15;/h5-9,12H,10-11H2,1-4H3,(H3,18,20,21);1H. The normalized spacial score (nSPS) is 11.4. The Labute approximate surface area is 155 Å². The van der Waals surface area contributed by atoms with Crippen LogP contribution in [0.25, 0.3) is 0 Å². The number of nitrogens with two attached hydrogens (primary N) is 1. The summed E-state index contributed by atoms with van der Waals surface area (Å²) in [5.41, 5.74) is 9.33. The van der Waals surface area contributed by atoms with Crippen molar-refractivity contribution in [1.29, 1.82) is 0 Å². The molecule has 126 valence electrons. The van der Waals surface area contributed by atoms with Crippen LogP contribution in [0, 0.1) is 19.8 Å². The Balaban J connectivity index is 0.00000264. The highest BCUT2D eigenvalue weighted by Crippen LogP contribution is 2.13. The lowest BCUT2D eigenvalue weighted by Gasteiger charge is -2.10. The predicted molar refractivity (Wildman–Crippen MR) is 107 cm³/mol. The molecule has 0 aliphatic carbocycles. The van der Waals surface area contributed by atoms with E-state index in [9.17, 15) is 0 Å². The quantitative estimate of drug-likeness (QED) is 0.435. The van der Waals surface area contributed by atoms with Crippen molar-refractivity contribution in [3.63, 3.8) is 0 Å². The minimum atomic E-state index is 0. The van der Waals surface area contributed by atoms with E-state index in [1.54, 1.807) is 6.20 Å². The van der Waals surface area contributed by atoms with Gasteiger partial charge in [0.25, 0.3) is 0 Å². The van der Waals surface area contributed by atoms with Crippen molar-refractivity contribution in [3.8, 4) is 0 Å². The molecule has 1 aromatic heterocycles. The lowest BCUT2D eigenvalue weighted by atomic mass is 10.1. The van der Waals surface area contributed by atoms with Gasteiger partial charge in [-0.05, 0) is 43.0 Å². The van der Waals surface area contributed by atoms with Crippen LogP contribution in [0.3, 0.4) is 0 Å². The fourth-order valence-corrected chi connectivity index (χ4v) is 2.44. The summed E-state index contributed by atoms with van der Waals surface area (Å²) in [7, 11) is 0. The summed E-state index contributed by atoms with van der Waals surface area (Å²) in [6.45, 7) is 9.91. The summed E-state index contributed by atoms with van der Waals surface area (Å²) in [5, 5.41) is 3.14. The fourth-order valence-electron chi connectivity index (χ4n) is 2.44. The van der Waals surface area contributed by atoms with Gasteiger partial charge in [0, 0.05) is 24.6 Å². The molecule has 0 aliphatic heterocycles.